The summed E-state index contributed by atoms with van der Waals surface area (Å²) in [6.07, 6.45) is -7.49. The molecule has 0 saturated carbocycles. The molecule has 0 amide bonds. The molecule has 1 aromatic rings. The summed E-state index contributed by atoms with van der Waals surface area (Å²) in [4.78, 5) is 33.2. The van der Waals surface area contributed by atoms with E-state index in [1.54, 1.807) is 0 Å². The standard InChI is InChI=1S/C15H16O10/c16-8-4-1-7(2-5-8)3-6-9(17)25-13(15(23)24)11(19)10(18)12(20)14(21)22/h1-6,10-13,16,18-20H,(H,21,22)(H,23,24)/b6-3-/t10-,11-,12+,13-/m0/s1. The Labute approximate surface area is 140 Å². The van der Waals surface area contributed by atoms with Crippen LogP contribution >= 0.6 is 0 Å². The first kappa shape index (κ1) is 20.1. The van der Waals surface area contributed by atoms with Crippen LogP contribution in [0.5, 0.6) is 5.75 Å². The van der Waals surface area contributed by atoms with E-state index in [-0.39, 0.29) is 5.75 Å². The van der Waals surface area contributed by atoms with Gasteiger partial charge in [-0.05, 0) is 23.8 Å². The molecule has 10 heteroatoms. The number of aromatic hydroxyl groups is 1. The van der Waals surface area contributed by atoms with E-state index in [9.17, 15) is 24.6 Å². The van der Waals surface area contributed by atoms with Crippen molar-refractivity contribution in [3.8, 4) is 5.75 Å². The Kier molecular flexibility index (Phi) is 7.06. The van der Waals surface area contributed by atoms with E-state index in [1.165, 1.54) is 30.3 Å². The minimum Gasteiger partial charge on any atom is -0.508 e. The molecule has 0 aliphatic heterocycles. The van der Waals surface area contributed by atoms with Gasteiger partial charge in [0.2, 0.25) is 6.10 Å². The second-order valence-corrected chi connectivity index (χ2v) is 4.88. The Balaban J connectivity index is 2.79. The number of aliphatic carboxylic acids is 2. The number of aliphatic hydroxyl groups is 3. The normalized spacial score (nSPS) is 16.0. The highest BCUT2D eigenvalue weighted by atomic mass is 16.6. The molecule has 0 radical (unpaired) electrons. The number of carbonyl (C=O) groups is 3. The smallest absolute Gasteiger partial charge is 0.347 e. The number of hydrogen-bond acceptors (Lipinski definition) is 8. The highest BCUT2D eigenvalue weighted by molar-refractivity contribution is 5.89. The largest absolute Gasteiger partial charge is 0.508 e. The Morgan fingerprint density at radius 1 is 0.920 bits per heavy atom. The molecule has 0 spiro atoms. The van der Waals surface area contributed by atoms with Gasteiger partial charge in [-0.3, -0.25) is 0 Å². The van der Waals surface area contributed by atoms with Gasteiger partial charge in [0.25, 0.3) is 0 Å². The number of carboxylic acids is 2. The Morgan fingerprint density at radius 3 is 1.96 bits per heavy atom. The number of phenols is 1. The Morgan fingerprint density at radius 2 is 1.48 bits per heavy atom. The van der Waals surface area contributed by atoms with Crippen LogP contribution in [0.2, 0.25) is 0 Å². The van der Waals surface area contributed by atoms with Gasteiger partial charge in [-0.1, -0.05) is 12.1 Å². The van der Waals surface area contributed by atoms with Gasteiger partial charge in [0.15, 0.2) is 6.10 Å². The molecule has 0 heterocycles. The van der Waals surface area contributed by atoms with Crippen molar-refractivity contribution in [2.45, 2.75) is 24.4 Å². The molecule has 6 N–H and O–H groups in total. The summed E-state index contributed by atoms with van der Waals surface area (Å²) >= 11 is 0. The maximum Gasteiger partial charge on any atom is 0.347 e. The highest BCUT2D eigenvalue weighted by Crippen LogP contribution is 2.12. The van der Waals surface area contributed by atoms with E-state index >= 15 is 0 Å². The van der Waals surface area contributed by atoms with Crippen molar-refractivity contribution in [1.82, 2.24) is 0 Å². The maximum atomic E-state index is 11.6. The molecule has 1 aromatic carbocycles. The zero-order valence-electron chi connectivity index (χ0n) is 12.6. The monoisotopic (exact) mass is 356 g/mol. The van der Waals surface area contributed by atoms with Crippen molar-refractivity contribution >= 4 is 24.0 Å². The predicted octanol–water partition coefficient (Wildman–Crippen LogP) is -1.43. The molecule has 25 heavy (non-hydrogen) atoms. The number of esters is 1. The fourth-order valence-electron chi connectivity index (χ4n) is 1.69. The minimum absolute atomic E-state index is 0.000217. The molecule has 4 atom stereocenters. The zero-order chi connectivity index (χ0) is 19.1. The fraction of sp³-hybridized carbons (Fsp3) is 0.267. The molecule has 10 nitrogen and oxygen atoms in total. The first-order valence-electron chi connectivity index (χ1n) is 6.81. The van der Waals surface area contributed by atoms with E-state index < -0.39 is 42.3 Å². The van der Waals surface area contributed by atoms with E-state index in [0.29, 0.717) is 5.56 Å². The first-order chi connectivity index (χ1) is 11.6. The van der Waals surface area contributed by atoms with Gasteiger partial charge in [0, 0.05) is 6.08 Å². The quantitative estimate of drug-likeness (QED) is 0.238. The molecule has 1 rings (SSSR count). The lowest BCUT2D eigenvalue weighted by molar-refractivity contribution is -0.182. The summed E-state index contributed by atoms with van der Waals surface area (Å²) < 4.78 is 4.48. The minimum atomic E-state index is -2.47. The topological polar surface area (TPSA) is 182 Å². The van der Waals surface area contributed by atoms with Gasteiger partial charge < -0.3 is 35.4 Å². The number of carbonyl (C=O) groups excluding carboxylic acids is 1. The molecule has 0 aliphatic carbocycles. The average Bonchev–Trinajstić information content (AvgIpc) is 2.56. The molecule has 0 aromatic heterocycles. The number of hydrogen-bond donors (Lipinski definition) is 6. The lowest BCUT2D eigenvalue weighted by atomic mass is 10.0. The van der Waals surface area contributed by atoms with Crippen molar-refractivity contribution in [3.05, 3.63) is 35.9 Å². The van der Waals surface area contributed by atoms with Crippen LogP contribution in [-0.4, -0.2) is 73.0 Å². The third kappa shape index (κ3) is 5.88. The summed E-state index contributed by atoms with van der Waals surface area (Å²) in [6.45, 7) is 0. The summed E-state index contributed by atoms with van der Waals surface area (Å²) in [7, 11) is 0. The molecule has 0 bridgehead atoms. The Hall–Kier alpha value is -2.95. The van der Waals surface area contributed by atoms with E-state index in [4.69, 9.17) is 20.4 Å². The van der Waals surface area contributed by atoms with Crippen molar-refractivity contribution in [1.29, 1.82) is 0 Å². The van der Waals surface area contributed by atoms with Crippen molar-refractivity contribution in [3.63, 3.8) is 0 Å². The van der Waals surface area contributed by atoms with Crippen LogP contribution in [-0.2, 0) is 19.1 Å². The molecule has 0 unspecified atom stereocenters. The van der Waals surface area contributed by atoms with Crippen molar-refractivity contribution < 1.29 is 49.8 Å². The van der Waals surface area contributed by atoms with Gasteiger partial charge in [0.1, 0.15) is 18.0 Å². The summed E-state index contributed by atoms with van der Waals surface area (Å²) in [5.74, 6) is -4.94. The van der Waals surface area contributed by atoms with Crippen LogP contribution in [0.3, 0.4) is 0 Å². The van der Waals surface area contributed by atoms with Crippen LogP contribution < -0.4 is 0 Å². The number of aliphatic hydroxyl groups excluding tert-OH is 3. The van der Waals surface area contributed by atoms with Gasteiger partial charge in [-0.25, -0.2) is 14.4 Å². The van der Waals surface area contributed by atoms with E-state index in [1.807, 2.05) is 0 Å². The van der Waals surface area contributed by atoms with Crippen molar-refractivity contribution in [2.24, 2.45) is 0 Å². The lowest BCUT2D eigenvalue weighted by Crippen LogP contribution is -2.51. The number of rotatable bonds is 8. The molecule has 0 aliphatic rings. The first-order valence-corrected chi connectivity index (χ1v) is 6.81. The molecular weight excluding hydrogens is 340 g/mol. The number of ether oxygens (including phenoxy) is 1. The van der Waals surface area contributed by atoms with Crippen LogP contribution in [0.1, 0.15) is 5.56 Å². The SMILES string of the molecule is O=C(/C=C\c1ccc(O)cc1)O[C@H](C(=O)O)[C@@H](O)[C@H](O)[C@@H](O)C(=O)O. The third-order valence-electron chi connectivity index (χ3n) is 3.03. The average molecular weight is 356 g/mol. The number of phenolic OH excluding ortho intramolecular Hbond substituents is 1. The zero-order valence-corrected chi connectivity index (χ0v) is 12.6. The van der Waals surface area contributed by atoms with Gasteiger partial charge in [-0.15, -0.1) is 0 Å². The van der Waals surface area contributed by atoms with Crippen LogP contribution in [0.15, 0.2) is 30.3 Å². The lowest BCUT2D eigenvalue weighted by Gasteiger charge is -2.24. The summed E-state index contributed by atoms with van der Waals surface area (Å²) in [6, 6.07) is 5.60. The second kappa shape index (κ2) is 8.78. The summed E-state index contributed by atoms with van der Waals surface area (Å²) in [5.41, 5.74) is 0.475. The predicted molar refractivity (Wildman–Crippen MR) is 80.3 cm³/mol. The van der Waals surface area contributed by atoms with Crippen LogP contribution in [0, 0.1) is 0 Å². The number of benzene rings is 1. The molecule has 0 fully saturated rings. The number of carboxylic acid groups (broad SMARTS) is 2. The van der Waals surface area contributed by atoms with E-state index in [0.717, 1.165) is 6.08 Å². The van der Waals surface area contributed by atoms with Crippen LogP contribution in [0.25, 0.3) is 6.08 Å². The van der Waals surface area contributed by atoms with Crippen molar-refractivity contribution in [2.75, 3.05) is 0 Å². The Bertz CT molecular complexity index is 651. The molecule has 0 saturated heterocycles. The van der Waals surface area contributed by atoms with Gasteiger partial charge in [-0.2, -0.15) is 0 Å². The van der Waals surface area contributed by atoms with Crippen LogP contribution in [0.4, 0.5) is 0 Å². The highest BCUT2D eigenvalue weighted by Gasteiger charge is 2.40. The second-order valence-electron chi connectivity index (χ2n) is 4.88. The van der Waals surface area contributed by atoms with E-state index in [2.05, 4.69) is 4.74 Å². The maximum absolute atomic E-state index is 11.6. The molecule has 136 valence electrons. The molecular formula is C15H16O10. The van der Waals surface area contributed by atoms with Gasteiger partial charge >= 0.3 is 17.9 Å². The summed E-state index contributed by atoms with van der Waals surface area (Å²) in [5, 5.41) is 54.8. The fourth-order valence-corrected chi connectivity index (χ4v) is 1.69. The third-order valence-corrected chi connectivity index (χ3v) is 3.03. The van der Waals surface area contributed by atoms with Gasteiger partial charge in [0.05, 0.1) is 0 Å².